The van der Waals surface area contributed by atoms with Gasteiger partial charge in [0.1, 0.15) is 17.6 Å². The highest BCUT2D eigenvalue weighted by atomic mass is 79.9. The number of aromatic nitrogens is 1. The number of carbonyl (C=O) groups excluding carboxylic acids is 1. The molecule has 2 aliphatic rings. The van der Waals surface area contributed by atoms with E-state index in [1.54, 1.807) is 18.2 Å². The molecule has 0 radical (unpaired) electrons. The van der Waals surface area contributed by atoms with Crippen molar-refractivity contribution in [1.29, 1.82) is 5.26 Å². The second kappa shape index (κ2) is 9.42. The summed E-state index contributed by atoms with van der Waals surface area (Å²) in [6.07, 6.45) is 6.10. The molecule has 30 heavy (non-hydrogen) atoms. The third-order valence-corrected chi connectivity index (χ3v) is 6.46. The lowest BCUT2D eigenvalue weighted by atomic mass is 9.95. The number of nitrogens with zero attached hydrogens (tertiary/aromatic N) is 2. The predicted molar refractivity (Wildman–Crippen MR) is 118 cm³/mol. The Bertz CT molecular complexity index is 992. The molecule has 8 heteroatoms. The summed E-state index contributed by atoms with van der Waals surface area (Å²) in [5.41, 5.74) is 2.80. The fraction of sp³-hybridized carbons (Fsp3) is 0.455. The summed E-state index contributed by atoms with van der Waals surface area (Å²) < 4.78 is 14.2. The minimum Gasteiger partial charge on any atom is -0.483 e. The van der Waals surface area contributed by atoms with Gasteiger partial charge in [0.2, 0.25) is 0 Å². The minimum atomic E-state index is -0.309. The van der Waals surface area contributed by atoms with E-state index in [1.165, 1.54) is 0 Å². The maximum atomic E-state index is 12.7. The average molecular weight is 493 g/mol. The number of halogens is 2. The van der Waals surface area contributed by atoms with Gasteiger partial charge in [0.05, 0.1) is 22.7 Å². The van der Waals surface area contributed by atoms with Crippen LogP contribution in [0.5, 0.6) is 5.75 Å². The van der Waals surface area contributed by atoms with Crippen LogP contribution in [0.3, 0.4) is 0 Å². The van der Waals surface area contributed by atoms with Crippen molar-refractivity contribution >= 4 is 39.3 Å². The summed E-state index contributed by atoms with van der Waals surface area (Å²) in [6, 6.07) is 7.45. The first-order chi connectivity index (χ1) is 14.6. The molecule has 0 spiro atoms. The van der Waals surface area contributed by atoms with E-state index >= 15 is 0 Å². The van der Waals surface area contributed by atoms with E-state index in [9.17, 15) is 10.1 Å². The number of anilines is 1. The van der Waals surface area contributed by atoms with Gasteiger partial charge in [-0.3, -0.25) is 4.79 Å². The number of benzene rings is 1. The largest absolute Gasteiger partial charge is 0.483 e. The molecule has 1 amide bonds. The SMILES string of the molecule is N#Cc1c2c(n(CC3CCCO3)c1NC(=O)COc1ccc(Cl)cc1Br)CCCC2. The van der Waals surface area contributed by atoms with E-state index in [0.29, 0.717) is 33.2 Å². The Balaban J connectivity index is 1.55. The summed E-state index contributed by atoms with van der Waals surface area (Å²) in [7, 11) is 0. The van der Waals surface area contributed by atoms with Gasteiger partial charge in [-0.25, -0.2) is 0 Å². The van der Waals surface area contributed by atoms with Crippen molar-refractivity contribution < 1.29 is 14.3 Å². The van der Waals surface area contributed by atoms with Crippen LogP contribution in [-0.2, 0) is 28.9 Å². The third-order valence-electron chi connectivity index (χ3n) is 5.61. The monoisotopic (exact) mass is 491 g/mol. The van der Waals surface area contributed by atoms with E-state index < -0.39 is 0 Å². The molecule has 1 saturated heterocycles. The van der Waals surface area contributed by atoms with Crippen LogP contribution in [0.1, 0.15) is 42.5 Å². The minimum absolute atomic E-state index is 0.117. The van der Waals surface area contributed by atoms with Crippen molar-refractivity contribution in [2.45, 2.75) is 51.2 Å². The highest BCUT2D eigenvalue weighted by molar-refractivity contribution is 9.10. The first-order valence-electron chi connectivity index (χ1n) is 10.2. The standard InChI is InChI=1S/C22H23BrClN3O3/c23-18-10-14(24)7-8-20(18)30-13-21(28)26-22-17(11-25)16-5-1-2-6-19(16)27(22)12-15-4-3-9-29-15/h7-8,10,15H,1-6,9,12-13H2,(H,26,28). The second-order valence-electron chi connectivity index (χ2n) is 7.62. The van der Waals surface area contributed by atoms with E-state index in [0.717, 1.165) is 56.4 Å². The van der Waals surface area contributed by atoms with Crippen molar-refractivity contribution in [2.75, 3.05) is 18.5 Å². The van der Waals surface area contributed by atoms with Crippen molar-refractivity contribution in [3.8, 4) is 11.8 Å². The van der Waals surface area contributed by atoms with Gasteiger partial charge < -0.3 is 19.4 Å². The molecule has 158 valence electrons. The van der Waals surface area contributed by atoms with E-state index in [-0.39, 0.29) is 18.6 Å². The lowest BCUT2D eigenvalue weighted by molar-refractivity contribution is -0.118. The molecule has 0 saturated carbocycles. The molecule has 2 heterocycles. The average Bonchev–Trinajstić information content (AvgIpc) is 3.34. The Hall–Kier alpha value is -2.01. The number of hydrogen-bond acceptors (Lipinski definition) is 4. The van der Waals surface area contributed by atoms with Gasteiger partial charge >= 0.3 is 0 Å². The van der Waals surface area contributed by atoms with Crippen molar-refractivity contribution in [2.24, 2.45) is 0 Å². The number of ether oxygens (including phenoxy) is 2. The van der Waals surface area contributed by atoms with Gasteiger partial charge in [-0.15, -0.1) is 0 Å². The molecule has 1 unspecified atom stereocenters. The molecule has 1 aliphatic carbocycles. The number of fused-ring (bicyclic) bond motifs is 1. The van der Waals surface area contributed by atoms with Crippen LogP contribution in [0.25, 0.3) is 0 Å². The normalized spacial score (nSPS) is 18.0. The van der Waals surface area contributed by atoms with Crippen molar-refractivity contribution in [1.82, 2.24) is 4.57 Å². The molecule has 1 aromatic carbocycles. The smallest absolute Gasteiger partial charge is 0.263 e. The number of nitriles is 1. The Morgan fingerprint density at radius 3 is 2.93 bits per heavy atom. The number of amides is 1. The molecule has 2 aromatic rings. The summed E-state index contributed by atoms with van der Waals surface area (Å²) in [6.45, 7) is 1.26. The van der Waals surface area contributed by atoms with Gasteiger partial charge in [0.25, 0.3) is 5.91 Å². The van der Waals surface area contributed by atoms with E-state index in [1.807, 2.05) is 0 Å². The summed E-state index contributed by atoms with van der Waals surface area (Å²) in [4.78, 5) is 12.7. The predicted octanol–water partition coefficient (Wildman–Crippen LogP) is 4.85. The second-order valence-corrected chi connectivity index (χ2v) is 8.92. The molecule has 1 aromatic heterocycles. The summed E-state index contributed by atoms with van der Waals surface area (Å²) in [5.74, 6) is 0.796. The van der Waals surface area contributed by atoms with Crippen LogP contribution >= 0.6 is 27.5 Å². The number of rotatable bonds is 6. The van der Waals surface area contributed by atoms with Crippen LogP contribution in [0.15, 0.2) is 22.7 Å². The van der Waals surface area contributed by atoms with Crippen molar-refractivity contribution in [3.05, 3.63) is 44.5 Å². The zero-order valence-corrected chi connectivity index (χ0v) is 18.9. The first kappa shape index (κ1) is 21.2. The van der Waals surface area contributed by atoms with Gasteiger partial charge in [-0.05, 0) is 78.2 Å². The molecule has 1 fully saturated rings. The lowest BCUT2D eigenvalue weighted by Gasteiger charge is -2.20. The maximum Gasteiger partial charge on any atom is 0.263 e. The Morgan fingerprint density at radius 1 is 1.37 bits per heavy atom. The van der Waals surface area contributed by atoms with E-state index in [4.69, 9.17) is 21.1 Å². The van der Waals surface area contributed by atoms with E-state index in [2.05, 4.69) is 31.9 Å². The van der Waals surface area contributed by atoms with Crippen LogP contribution in [0.4, 0.5) is 5.82 Å². The van der Waals surface area contributed by atoms with Gasteiger partial charge in [-0.2, -0.15) is 5.26 Å². The van der Waals surface area contributed by atoms with Gasteiger partial charge in [-0.1, -0.05) is 11.6 Å². The fourth-order valence-corrected chi connectivity index (χ4v) is 5.01. The first-order valence-corrected chi connectivity index (χ1v) is 11.4. The topological polar surface area (TPSA) is 76.3 Å². The third kappa shape index (κ3) is 4.51. The van der Waals surface area contributed by atoms with Crippen LogP contribution in [0.2, 0.25) is 5.02 Å². The molecular formula is C22H23BrClN3O3. The number of hydrogen-bond donors (Lipinski definition) is 1. The fourth-order valence-electron chi connectivity index (χ4n) is 4.22. The quantitative estimate of drug-likeness (QED) is 0.625. The van der Waals surface area contributed by atoms with Gasteiger partial charge in [0.15, 0.2) is 6.61 Å². The number of nitrogens with one attached hydrogen (secondary N) is 1. The Kier molecular flexibility index (Phi) is 6.67. The molecule has 1 N–H and O–H groups in total. The molecule has 4 rings (SSSR count). The zero-order valence-electron chi connectivity index (χ0n) is 16.5. The molecule has 0 bridgehead atoms. The summed E-state index contributed by atoms with van der Waals surface area (Å²) in [5, 5.41) is 13.4. The van der Waals surface area contributed by atoms with Crippen LogP contribution in [0, 0.1) is 11.3 Å². The summed E-state index contributed by atoms with van der Waals surface area (Å²) >= 11 is 9.33. The lowest BCUT2D eigenvalue weighted by Crippen LogP contribution is -2.25. The van der Waals surface area contributed by atoms with Crippen LogP contribution < -0.4 is 10.1 Å². The van der Waals surface area contributed by atoms with Crippen molar-refractivity contribution in [3.63, 3.8) is 0 Å². The highest BCUT2D eigenvalue weighted by Gasteiger charge is 2.28. The maximum absolute atomic E-state index is 12.7. The molecule has 1 atom stereocenters. The Labute approximate surface area is 189 Å². The molecule has 6 nitrogen and oxygen atoms in total. The van der Waals surface area contributed by atoms with Crippen LogP contribution in [-0.4, -0.2) is 29.8 Å². The highest BCUT2D eigenvalue weighted by Crippen LogP contribution is 2.34. The Morgan fingerprint density at radius 2 is 2.20 bits per heavy atom. The molecular weight excluding hydrogens is 470 g/mol. The molecule has 1 aliphatic heterocycles. The number of carbonyl (C=O) groups is 1. The van der Waals surface area contributed by atoms with Gasteiger partial charge in [0, 0.05) is 17.3 Å². The zero-order chi connectivity index (χ0) is 21.1.